The van der Waals surface area contributed by atoms with Crippen molar-refractivity contribution in [3.63, 3.8) is 0 Å². The molecule has 0 bridgehead atoms. The average molecular weight is 418 g/mol. The monoisotopic (exact) mass is 417 g/mol. The van der Waals surface area contributed by atoms with Crippen LogP contribution in [0.15, 0.2) is 54.6 Å². The van der Waals surface area contributed by atoms with E-state index in [1.807, 2.05) is 23.1 Å². The predicted octanol–water partition coefficient (Wildman–Crippen LogP) is 5.44. The van der Waals surface area contributed by atoms with Gasteiger partial charge in [0, 0.05) is 42.4 Å². The van der Waals surface area contributed by atoms with Crippen molar-refractivity contribution >= 4 is 17.3 Å². The second kappa shape index (κ2) is 8.17. The van der Waals surface area contributed by atoms with Gasteiger partial charge in [0.2, 0.25) is 0 Å². The van der Waals surface area contributed by atoms with Crippen molar-refractivity contribution in [3.8, 4) is 0 Å². The van der Waals surface area contributed by atoms with E-state index in [2.05, 4.69) is 23.5 Å². The summed E-state index contributed by atoms with van der Waals surface area (Å²) >= 11 is 0. The number of hydrogen-bond donors (Lipinski definition) is 1. The van der Waals surface area contributed by atoms with Gasteiger partial charge in [-0.3, -0.25) is 14.9 Å². The van der Waals surface area contributed by atoms with Crippen LogP contribution in [0.25, 0.3) is 0 Å². The molecule has 0 unspecified atom stereocenters. The van der Waals surface area contributed by atoms with Crippen molar-refractivity contribution in [3.05, 3.63) is 81.4 Å². The maximum absolute atomic E-state index is 13.1. The predicted molar refractivity (Wildman–Crippen MR) is 120 cm³/mol. The normalized spacial score (nSPS) is 24.6. The number of nitrogens with one attached hydrogen (secondary N) is 1. The molecule has 2 aromatic rings. The quantitative estimate of drug-likeness (QED) is 0.410. The van der Waals surface area contributed by atoms with E-state index in [9.17, 15) is 14.9 Å². The molecule has 3 aliphatic rings. The molecule has 0 radical (unpaired) electrons. The molecule has 6 heteroatoms. The topological polar surface area (TPSA) is 75.5 Å². The molecule has 6 nitrogen and oxygen atoms in total. The van der Waals surface area contributed by atoms with Crippen LogP contribution < -0.4 is 5.32 Å². The Morgan fingerprint density at radius 2 is 1.87 bits per heavy atom. The summed E-state index contributed by atoms with van der Waals surface area (Å²) < 4.78 is 0. The molecule has 160 valence electrons. The van der Waals surface area contributed by atoms with Gasteiger partial charge in [0.25, 0.3) is 11.6 Å². The van der Waals surface area contributed by atoms with Crippen LogP contribution in [0.2, 0.25) is 0 Å². The van der Waals surface area contributed by atoms with Crippen LogP contribution in [-0.2, 0) is 0 Å². The van der Waals surface area contributed by atoms with Gasteiger partial charge < -0.3 is 10.2 Å². The summed E-state index contributed by atoms with van der Waals surface area (Å²) in [5, 5.41) is 14.9. The molecule has 2 aliphatic heterocycles. The number of hydrogen-bond acceptors (Lipinski definition) is 4. The third-order valence-electron chi connectivity index (χ3n) is 6.94. The van der Waals surface area contributed by atoms with Gasteiger partial charge in [0.1, 0.15) is 0 Å². The Morgan fingerprint density at radius 3 is 2.65 bits per heavy atom. The molecule has 0 aromatic heterocycles. The van der Waals surface area contributed by atoms with Crippen molar-refractivity contribution in [1.29, 1.82) is 0 Å². The van der Waals surface area contributed by atoms with Gasteiger partial charge in [0.05, 0.1) is 11.0 Å². The highest BCUT2D eigenvalue weighted by atomic mass is 16.6. The molecular formula is C25H27N3O3. The number of rotatable bonds is 3. The van der Waals surface area contributed by atoms with Crippen molar-refractivity contribution < 1.29 is 9.72 Å². The number of carbonyl (C=O) groups excluding carboxylic acids is 1. The number of benzene rings is 2. The van der Waals surface area contributed by atoms with Crippen molar-refractivity contribution in [2.24, 2.45) is 5.92 Å². The zero-order valence-electron chi connectivity index (χ0n) is 17.5. The molecule has 2 heterocycles. The third kappa shape index (κ3) is 3.71. The van der Waals surface area contributed by atoms with Crippen molar-refractivity contribution in [2.45, 2.75) is 44.1 Å². The molecule has 1 amide bonds. The molecule has 3 atom stereocenters. The lowest BCUT2D eigenvalue weighted by molar-refractivity contribution is -0.384. The number of nitro groups is 1. The van der Waals surface area contributed by atoms with Crippen molar-refractivity contribution in [1.82, 2.24) is 4.90 Å². The highest BCUT2D eigenvalue weighted by molar-refractivity contribution is 5.95. The van der Waals surface area contributed by atoms with E-state index in [-0.39, 0.29) is 34.4 Å². The van der Waals surface area contributed by atoms with Crippen LogP contribution in [0, 0.1) is 16.0 Å². The largest absolute Gasteiger partial charge is 0.378 e. The average Bonchev–Trinajstić information content (AvgIpc) is 3.13. The Labute approximate surface area is 182 Å². The molecule has 5 rings (SSSR count). The van der Waals surface area contributed by atoms with Crippen molar-refractivity contribution in [2.75, 3.05) is 18.4 Å². The molecule has 0 saturated carbocycles. The number of likely N-dealkylation sites (tertiary alicyclic amines) is 1. The summed E-state index contributed by atoms with van der Waals surface area (Å²) in [6, 6.07) is 12.9. The van der Waals surface area contributed by atoms with Crippen LogP contribution in [-0.4, -0.2) is 28.8 Å². The highest BCUT2D eigenvalue weighted by Gasteiger charge is 2.38. The summed E-state index contributed by atoms with van der Waals surface area (Å²) in [7, 11) is 0. The lowest BCUT2D eigenvalue weighted by Crippen LogP contribution is -2.33. The van der Waals surface area contributed by atoms with E-state index < -0.39 is 0 Å². The fourth-order valence-electron chi connectivity index (χ4n) is 5.35. The van der Waals surface area contributed by atoms with Crippen LogP contribution in [0.4, 0.5) is 11.4 Å². The van der Waals surface area contributed by atoms with E-state index in [1.165, 1.54) is 18.9 Å². The number of nitro benzene ring substituents is 1. The SMILES string of the molecule is O=C(c1ccc2c(c1)[C@H]1C=CC[C@@H]1[C@H](c1cccc([N+](=O)[O-])c1)N2)N1CCCCCC1. The number of non-ortho nitro benzene ring substituents is 1. The zero-order chi connectivity index (χ0) is 21.4. The Kier molecular flexibility index (Phi) is 5.22. The third-order valence-corrected chi connectivity index (χ3v) is 6.94. The van der Waals surface area contributed by atoms with Gasteiger partial charge in [-0.15, -0.1) is 0 Å². The van der Waals surface area contributed by atoms with Crippen LogP contribution in [0.3, 0.4) is 0 Å². The molecule has 1 saturated heterocycles. The lowest BCUT2D eigenvalue weighted by atomic mass is 9.76. The lowest BCUT2D eigenvalue weighted by Gasteiger charge is -2.37. The minimum atomic E-state index is -0.342. The van der Waals surface area contributed by atoms with E-state index in [0.29, 0.717) is 0 Å². The standard InChI is InChI=1S/C25H27N3O3/c29-25(27-13-3-1-2-4-14-27)18-11-12-23-22(16-18)20-9-6-10-21(20)24(26-23)17-7-5-8-19(15-17)28(30)31/h5-9,11-12,15-16,20-21,24,26H,1-4,10,13-14H2/t20-,21-,24-/m0/s1. The smallest absolute Gasteiger partial charge is 0.269 e. The number of anilines is 1. The first-order valence-corrected chi connectivity index (χ1v) is 11.2. The molecule has 2 aromatic carbocycles. The van der Waals surface area contributed by atoms with E-state index in [1.54, 1.807) is 12.1 Å². The fourth-order valence-corrected chi connectivity index (χ4v) is 5.35. The first-order valence-electron chi connectivity index (χ1n) is 11.2. The molecule has 1 aliphatic carbocycles. The van der Waals surface area contributed by atoms with E-state index in [0.717, 1.165) is 54.7 Å². The summed E-state index contributed by atoms with van der Waals surface area (Å²) in [6.07, 6.45) is 9.90. The summed E-state index contributed by atoms with van der Waals surface area (Å²) in [5.74, 6) is 0.611. The molecule has 1 fully saturated rings. The number of carbonyl (C=O) groups is 1. The zero-order valence-corrected chi connectivity index (χ0v) is 17.5. The van der Waals surface area contributed by atoms with Gasteiger partial charge in [-0.1, -0.05) is 37.1 Å². The van der Waals surface area contributed by atoms with Crippen LogP contribution >= 0.6 is 0 Å². The van der Waals surface area contributed by atoms with Gasteiger partial charge in [-0.2, -0.15) is 0 Å². The molecule has 0 spiro atoms. The second-order valence-corrected chi connectivity index (χ2v) is 8.84. The molecule has 1 N–H and O–H groups in total. The van der Waals surface area contributed by atoms with Gasteiger partial charge in [-0.05, 0) is 54.5 Å². The maximum Gasteiger partial charge on any atom is 0.269 e. The second-order valence-electron chi connectivity index (χ2n) is 8.84. The Morgan fingerprint density at radius 1 is 1.06 bits per heavy atom. The number of allylic oxidation sites excluding steroid dienone is 2. The number of nitrogens with zero attached hydrogens (tertiary/aromatic N) is 2. The summed E-state index contributed by atoms with van der Waals surface area (Å²) in [4.78, 5) is 26.1. The first kappa shape index (κ1) is 19.8. The summed E-state index contributed by atoms with van der Waals surface area (Å²) in [5.41, 5.74) is 3.97. The van der Waals surface area contributed by atoms with Gasteiger partial charge in [-0.25, -0.2) is 0 Å². The highest BCUT2D eigenvalue weighted by Crippen LogP contribution is 2.50. The van der Waals surface area contributed by atoms with Crippen LogP contribution in [0.5, 0.6) is 0 Å². The Balaban J connectivity index is 1.46. The Hall–Kier alpha value is -3.15. The summed E-state index contributed by atoms with van der Waals surface area (Å²) in [6.45, 7) is 1.68. The molecular weight excluding hydrogens is 390 g/mol. The molecule has 31 heavy (non-hydrogen) atoms. The van der Waals surface area contributed by atoms with Gasteiger partial charge >= 0.3 is 0 Å². The van der Waals surface area contributed by atoms with Gasteiger partial charge in [0.15, 0.2) is 0 Å². The minimum absolute atomic E-state index is 0.000409. The minimum Gasteiger partial charge on any atom is -0.378 e. The van der Waals surface area contributed by atoms with E-state index >= 15 is 0 Å². The maximum atomic E-state index is 13.1. The Bertz CT molecular complexity index is 1040. The number of amides is 1. The fraction of sp³-hybridized carbons (Fsp3) is 0.400. The number of fused-ring (bicyclic) bond motifs is 3. The first-order chi connectivity index (χ1) is 15.1. The van der Waals surface area contributed by atoms with Crippen LogP contribution in [0.1, 0.15) is 65.5 Å². The van der Waals surface area contributed by atoms with E-state index in [4.69, 9.17) is 0 Å².